The molecule has 0 aliphatic carbocycles. The molecule has 0 spiro atoms. The minimum absolute atomic E-state index is 0. The third-order valence-corrected chi connectivity index (χ3v) is 5.05. The number of hydrogen-bond acceptors (Lipinski definition) is 4. The lowest BCUT2D eigenvalue weighted by Gasteiger charge is -2.30. The number of nitrogens with one attached hydrogen (secondary N) is 2. The number of amides is 1. The van der Waals surface area contributed by atoms with Gasteiger partial charge in [-0.15, -0.1) is 12.4 Å². The molecule has 4 N–H and O–H groups in total. The van der Waals surface area contributed by atoms with Gasteiger partial charge in [-0.2, -0.15) is 0 Å². The summed E-state index contributed by atoms with van der Waals surface area (Å²) < 4.78 is 27.3. The predicted molar refractivity (Wildman–Crippen MR) is 83.0 cm³/mol. The summed E-state index contributed by atoms with van der Waals surface area (Å²) in [5, 5.41) is 3.17. The fourth-order valence-electron chi connectivity index (χ4n) is 2.23. The number of benzene rings is 1. The van der Waals surface area contributed by atoms with Crippen molar-refractivity contribution in [3.63, 3.8) is 0 Å². The minimum Gasteiger partial charge on any atom is -0.366 e. The Hall–Kier alpha value is -1.15. The number of hydrogen-bond donors (Lipinski definition) is 3. The molecule has 1 saturated heterocycles. The quantitative estimate of drug-likeness (QED) is 0.746. The van der Waals surface area contributed by atoms with Gasteiger partial charge in [0.1, 0.15) is 0 Å². The van der Waals surface area contributed by atoms with Gasteiger partial charge in [-0.1, -0.05) is 13.0 Å². The van der Waals surface area contributed by atoms with Gasteiger partial charge < -0.3 is 11.1 Å². The second kappa shape index (κ2) is 7.22. The maximum Gasteiger partial charge on any atom is 0.248 e. The average molecular weight is 334 g/mol. The van der Waals surface area contributed by atoms with Crippen molar-refractivity contribution in [1.29, 1.82) is 0 Å². The SMILES string of the molecule is CC1CCNCC1NS(=O)(=O)c1cccc(C(N)=O)c1.Cl. The Labute approximate surface area is 130 Å². The number of carbonyl (C=O) groups is 1. The van der Waals surface area contributed by atoms with Crippen LogP contribution >= 0.6 is 12.4 Å². The zero-order valence-electron chi connectivity index (χ0n) is 11.7. The van der Waals surface area contributed by atoms with E-state index in [2.05, 4.69) is 10.0 Å². The summed E-state index contributed by atoms with van der Waals surface area (Å²) in [7, 11) is -3.65. The molecular formula is C13H20ClN3O3S. The molecule has 0 radical (unpaired) electrons. The van der Waals surface area contributed by atoms with Gasteiger partial charge in [-0.05, 0) is 37.1 Å². The van der Waals surface area contributed by atoms with E-state index in [4.69, 9.17) is 5.73 Å². The van der Waals surface area contributed by atoms with Gasteiger partial charge in [0.2, 0.25) is 15.9 Å². The monoisotopic (exact) mass is 333 g/mol. The van der Waals surface area contributed by atoms with Crippen LogP contribution in [0.2, 0.25) is 0 Å². The van der Waals surface area contributed by atoms with Crippen molar-refractivity contribution in [2.75, 3.05) is 13.1 Å². The molecule has 1 amide bonds. The first-order chi connectivity index (χ1) is 9.40. The van der Waals surface area contributed by atoms with Crippen molar-refractivity contribution in [2.45, 2.75) is 24.3 Å². The highest BCUT2D eigenvalue weighted by Crippen LogP contribution is 2.16. The molecule has 1 fully saturated rings. The van der Waals surface area contributed by atoms with E-state index in [1.54, 1.807) is 0 Å². The van der Waals surface area contributed by atoms with Crippen LogP contribution < -0.4 is 15.8 Å². The van der Waals surface area contributed by atoms with Gasteiger partial charge in [0, 0.05) is 18.2 Å². The normalized spacial score (nSPS) is 22.3. The highest BCUT2D eigenvalue weighted by atomic mass is 35.5. The summed E-state index contributed by atoms with van der Waals surface area (Å²) in [5.74, 6) is -0.375. The van der Waals surface area contributed by atoms with E-state index in [1.165, 1.54) is 24.3 Å². The molecule has 1 aromatic carbocycles. The summed E-state index contributed by atoms with van der Waals surface area (Å²) in [5.41, 5.74) is 5.35. The number of nitrogens with two attached hydrogens (primary N) is 1. The minimum atomic E-state index is -3.65. The van der Waals surface area contributed by atoms with E-state index in [1.807, 2.05) is 6.92 Å². The maximum absolute atomic E-state index is 12.3. The molecule has 6 nitrogen and oxygen atoms in total. The summed E-state index contributed by atoms with van der Waals surface area (Å²) in [4.78, 5) is 11.2. The smallest absolute Gasteiger partial charge is 0.248 e. The molecule has 2 unspecified atom stereocenters. The largest absolute Gasteiger partial charge is 0.366 e. The molecule has 0 aromatic heterocycles. The van der Waals surface area contributed by atoms with Crippen molar-refractivity contribution in [3.8, 4) is 0 Å². The third-order valence-electron chi connectivity index (χ3n) is 3.56. The lowest BCUT2D eigenvalue weighted by Crippen LogP contribution is -2.50. The second-order valence-corrected chi connectivity index (χ2v) is 6.80. The van der Waals surface area contributed by atoms with Crippen LogP contribution in [0.25, 0.3) is 0 Å². The summed E-state index contributed by atoms with van der Waals surface area (Å²) in [6.07, 6.45) is 0.925. The number of sulfonamides is 1. The van der Waals surface area contributed by atoms with Crippen molar-refractivity contribution in [2.24, 2.45) is 11.7 Å². The predicted octanol–water partition coefficient (Wildman–Crippen LogP) is 0.484. The summed E-state index contributed by atoms with van der Waals surface area (Å²) >= 11 is 0. The van der Waals surface area contributed by atoms with E-state index in [0.29, 0.717) is 6.54 Å². The first-order valence-corrected chi connectivity index (χ1v) is 8.01. The fraction of sp³-hybridized carbons (Fsp3) is 0.462. The molecule has 0 bridgehead atoms. The number of carbonyl (C=O) groups excluding carboxylic acids is 1. The molecule has 0 saturated carbocycles. The molecular weight excluding hydrogens is 314 g/mol. The molecule has 1 aliphatic heterocycles. The van der Waals surface area contributed by atoms with Crippen molar-refractivity contribution in [3.05, 3.63) is 29.8 Å². The van der Waals surface area contributed by atoms with Crippen molar-refractivity contribution >= 4 is 28.3 Å². The van der Waals surface area contributed by atoms with Crippen LogP contribution in [-0.2, 0) is 10.0 Å². The molecule has 8 heteroatoms. The lowest BCUT2D eigenvalue weighted by molar-refractivity contribution is 0.1000. The van der Waals surface area contributed by atoms with E-state index in [9.17, 15) is 13.2 Å². The van der Waals surface area contributed by atoms with Gasteiger partial charge in [0.15, 0.2) is 0 Å². The fourth-order valence-corrected chi connectivity index (χ4v) is 3.62. The Morgan fingerprint density at radius 3 is 2.76 bits per heavy atom. The van der Waals surface area contributed by atoms with Crippen LogP contribution in [0.1, 0.15) is 23.7 Å². The van der Waals surface area contributed by atoms with Crippen LogP contribution in [0, 0.1) is 5.92 Å². The molecule has 1 aromatic rings. The van der Waals surface area contributed by atoms with Gasteiger partial charge in [0.25, 0.3) is 0 Å². The van der Waals surface area contributed by atoms with Crippen LogP contribution in [0.5, 0.6) is 0 Å². The van der Waals surface area contributed by atoms with E-state index >= 15 is 0 Å². The third kappa shape index (κ3) is 4.41. The molecule has 118 valence electrons. The molecule has 21 heavy (non-hydrogen) atoms. The zero-order chi connectivity index (χ0) is 14.8. The Morgan fingerprint density at radius 1 is 1.43 bits per heavy atom. The first kappa shape index (κ1) is 17.9. The van der Waals surface area contributed by atoms with E-state index < -0.39 is 15.9 Å². The average Bonchev–Trinajstić information content (AvgIpc) is 2.41. The summed E-state index contributed by atoms with van der Waals surface area (Å²) in [6.45, 7) is 3.53. The Bertz CT molecular complexity index is 606. The number of piperidine rings is 1. The molecule has 1 heterocycles. The highest BCUT2D eigenvalue weighted by Gasteiger charge is 2.26. The van der Waals surface area contributed by atoms with Gasteiger partial charge >= 0.3 is 0 Å². The molecule has 2 atom stereocenters. The van der Waals surface area contributed by atoms with Crippen LogP contribution in [0.15, 0.2) is 29.2 Å². The molecule has 1 aliphatic rings. The zero-order valence-corrected chi connectivity index (χ0v) is 13.3. The van der Waals surface area contributed by atoms with Gasteiger partial charge in [-0.25, -0.2) is 13.1 Å². The van der Waals surface area contributed by atoms with E-state index in [0.717, 1.165) is 13.0 Å². The number of primary amides is 1. The van der Waals surface area contributed by atoms with E-state index in [-0.39, 0.29) is 34.8 Å². The topological polar surface area (TPSA) is 101 Å². The molecule has 2 rings (SSSR count). The summed E-state index contributed by atoms with van der Waals surface area (Å²) in [6, 6.07) is 5.61. The Kier molecular flexibility index (Phi) is 6.15. The highest BCUT2D eigenvalue weighted by molar-refractivity contribution is 7.89. The second-order valence-electron chi connectivity index (χ2n) is 5.09. The number of halogens is 1. The van der Waals surface area contributed by atoms with Gasteiger partial charge in [0.05, 0.1) is 4.90 Å². The van der Waals surface area contributed by atoms with Crippen LogP contribution in [0.3, 0.4) is 0 Å². The number of rotatable bonds is 4. The first-order valence-electron chi connectivity index (χ1n) is 6.53. The standard InChI is InChI=1S/C13H19N3O3S.ClH/c1-9-5-6-15-8-12(9)16-20(18,19)11-4-2-3-10(7-11)13(14)17;/h2-4,7,9,12,15-16H,5-6,8H2,1H3,(H2,14,17);1H. The van der Waals surface area contributed by atoms with Crippen molar-refractivity contribution in [1.82, 2.24) is 10.0 Å². The van der Waals surface area contributed by atoms with Crippen molar-refractivity contribution < 1.29 is 13.2 Å². The van der Waals surface area contributed by atoms with Gasteiger partial charge in [-0.3, -0.25) is 4.79 Å². The Morgan fingerprint density at radius 2 is 2.14 bits per heavy atom. The van der Waals surface area contributed by atoms with Crippen LogP contribution in [-0.4, -0.2) is 33.5 Å². The maximum atomic E-state index is 12.3. The Balaban J connectivity index is 0.00000220. The van der Waals surface area contributed by atoms with Crippen LogP contribution in [0.4, 0.5) is 0 Å². The lowest BCUT2D eigenvalue weighted by atomic mass is 9.96.